The molecule has 0 saturated heterocycles. The Morgan fingerprint density at radius 3 is 2.88 bits per heavy atom. The number of hydrogen-bond donors (Lipinski definition) is 0. The van der Waals surface area contributed by atoms with Crippen molar-refractivity contribution in [3.05, 3.63) is 53.2 Å². The molecule has 1 aromatic carbocycles. The van der Waals surface area contributed by atoms with E-state index in [1.165, 1.54) is 0 Å². The van der Waals surface area contributed by atoms with Crippen molar-refractivity contribution in [2.45, 2.75) is 10.8 Å². The summed E-state index contributed by atoms with van der Waals surface area (Å²) in [5, 5.41) is 1.63. The lowest BCUT2D eigenvalue weighted by atomic mass is 10.2. The average molecular weight is 266 g/mol. The SMILES string of the molecule is COc1ccccc1CSc1cc(Cl)ccn1. The van der Waals surface area contributed by atoms with Gasteiger partial charge in [0.1, 0.15) is 5.75 Å². The van der Waals surface area contributed by atoms with Crippen LogP contribution in [-0.4, -0.2) is 12.1 Å². The van der Waals surface area contributed by atoms with Crippen molar-refractivity contribution in [1.82, 2.24) is 4.98 Å². The van der Waals surface area contributed by atoms with Crippen LogP contribution in [0.15, 0.2) is 47.6 Å². The second-order valence-electron chi connectivity index (χ2n) is 3.41. The summed E-state index contributed by atoms with van der Waals surface area (Å²) in [6.07, 6.45) is 1.72. The van der Waals surface area contributed by atoms with Gasteiger partial charge in [0, 0.05) is 22.5 Å². The lowest BCUT2D eigenvalue weighted by Gasteiger charge is -2.07. The molecule has 0 atom stereocenters. The summed E-state index contributed by atoms with van der Waals surface area (Å²) in [5.74, 6) is 1.72. The fraction of sp³-hybridized carbons (Fsp3) is 0.154. The van der Waals surface area contributed by atoms with Gasteiger partial charge in [-0.1, -0.05) is 29.8 Å². The van der Waals surface area contributed by atoms with Gasteiger partial charge in [-0.25, -0.2) is 4.98 Å². The Morgan fingerprint density at radius 2 is 2.12 bits per heavy atom. The molecule has 1 heterocycles. The normalized spacial score (nSPS) is 10.2. The number of aromatic nitrogens is 1. The molecule has 4 heteroatoms. The van der Waals surface area contributed by atoms with E-state index in [1.807, 2.05) is 24.3 Å². The highest BCUT2D eigenvalue weighted by atomic mass is 35.5. The molecule has 0 aliphatic heterocycles. The van der Waals surface area contributed by atoms with E-state index in [1.54, 1.807) is 31.1 Å². The van der Waals surface area contributed by atoms with E-state index in [9.17, 15) is 0 Å². The van der Waals surface area contributed by atoms with Crippen molar-refractivity contribution in [2.75, 3.05) is 7.11 Å². The quantitative estimate of drug-likeness (QED) is 0.779. The first-order valence-corrected chi connectivity index (χ1v) is 6.52. The molecule has 0 bridgehead atoms. The van der Waals surface area contributed by atoms with E-state index in [-0.39, 0.29) is 0 Å². The molecule has 0 fully saturated rings. The molecule has 88 valence electrons. The summed E-state index contributed by atoms with van der Waals surface area (Å²) in [6.45, 7) is 0. The molecule has 0 aliphatic rings. The molecule has 0 radical (unpaired) electrons. The second-order valence-corrected chi connectivity index (χ2v) is 4.84. The van der Waals surface area contributed by atoms with Gasteiger partial charge in [0.2, 0.25) is 0 Å². The van der Waals surface area contributed by atoms with Crippen LogP contribution in [-0.2, 0) is 5.75 Å². The predicted octanol–water partition coefficient (Wildman–Crippen LogP) is 4.04. The number of pyridine rings is 1. The summed E-state index contributed by atoms with van der Waals surface area (Å²) < 4.78 is 5.30. The van der Waals surface area contributed by atoms with Crippen LogP contribution in [0.4, 0.5) is 0 Å². The Morgan fingerprint density at radius 1 is 1.29 bits per heavy atom. The summed E-state index contributed by atoms with van der Waals surface area (Å²) in [4.78, 5) is 4.25. The molecule has 2 aromatic rings. The standard InChI is InChI=1S/C13H12ClNOS/c1-16-12-5-3-2-4-10(12)9-17-13-8-11(14)6-7-15-13/h2-8H,9H2,1H3. The number of rotatable bonds is 4. The Bertz CT molecular complexity index is 504. The summed E-state index contributed by atoms with van der Waals surface area (Å²) in [5.41, 5.74) is 1.15. The zero-order chi connectivity index (χ0) is 12.1. The molecular weight excluding hydrogens is 254 g/mol. The van der Waals surface area contributed by atoms with Crippen molar-refractivity contribution in [2.24, 2.45) is 0 Å². The van der Waals surface area contributed by atoms with E-state index in [4.69, 9.17) is 16.3 Å². The van der Waals surface area contributed by atoms with Crippen molar-refractivity contribution in [3.63, 3.8) is 0 Å². The molecule has 2 nitrogen and oxygen atoms in total. The Labute approximate surface area is 110 Å². The maximum Gasteiger partial charge on any atom is 0.122 e. The molecule has 0 aliphatic carbocycles. The van der Waals surface area contributed by atoms with E-state index in [2.05, 4.69) is 11.1 Å². The predicted molar refractivity (Wildman–Crippen MR) is 71.8 cm³/mol. The Hall–Kier alpha value is -1.19. The number of thioether (sulfide) groups is 1. The van der Waals surface area contributed by atoms with Crippen LogP contribution in [0.5, 0.6) is 5.75 Å². The van der Waals surface area contributed by atoms with Crippen molar-refractivity contribution in [3.8, 4) is 5.75 Å². The van der Waals surface area contributed by atoms with Crippen LogP contribution < -0.4 is 4.74 Å². The largest absolute Gasteiger partial charge is 0.496 e. The molecule has 2 rings (SSSR count). The maximum atomic E-state index is 5.91. The van der Waals surface area contributed by atoms with E-state index in [0.717, 1.165) is 22.1 Å². The summed E-state index contributed by atoms with van der Waals surface area (Å²) in [7, 11) is 1.68. The molecule has 17 heavy (non-hydrogen) atoms. The lowest BCUT2D eigenvalue weighted by molar-refractivity contribution is 0.411. The van der Waals surface area contributed by atoms with Crippen molar-refractivity contribution >= 4 is 23.4 Å². The lowest BCUT2D eigenvalue weighted by Crippen LogP contribution is -1.90. The fourth-order valence-corrected chi connectivity index (χ4v) is 2.55. The third-order valence-corrected chi connectivity index (χ3v) is 3.47. The highest BCUT2D eigenvalue weighted by Crippen LogP contribution is 2.27. The van der Waals surface area contributed by atoms with E-state index in [0.29, 0.717) is 5.02 Å². The van der Waals surface area contributed by atoms with Gasteiger partial charge in [0.05, 0.1) is 12.1 Å². The van der Waals surface area contributed by atoms with Crippen LogP contribution in [0.3, 0.4) is 0 Å². The highest BCUT2D eigenvalue weighted by molar-refractivity contribution is 7.98. The molecule has 0 spiro atoms. The smallest absolute Gasteiger partial charge is 0.122 e. The zero-order valence-corrected chi connectivity index (χ0v) is 11.0. The molecule has 0 N–H and O–H groups in total. The molecular formula is C13H12ClNOS. The minimum Gasteiger partial charge on any atom is -0.496 e. The number of hydrogen-bond acceptors (Lipinski definition) is 3. The van der Waals surface area contributed by atoms with Crippen molar-refractivity contribution < 1.29 is 4.74 Å². The topological polar surface area (TPSA) is 22.1 Å². The van der Waals surface area contributed by atoms with Gasteiger partial charge < -0.3 is 4.74 Å². The number of nitrogens with zero attached hydrogens (tertiary/aromatic N) is 1. The molecule has 1 aromatic heterocycles. The van der Waals surface area contributed by atoms with Gasteiger partial charge in [-0.15, -0.1) is 11.8 Å². The summed E-state index contributed by atoms with van der Waals surface area (Å²) >= 11 is 7.55. The Balaban J connectivity index is 2.07. The van der Waals surface area contributed by atoms with Gasteiger partial charge in [-0.3, -0.25) is 0 Å². The number of methoxy groups -OCH3 is 1. The van der Waals surface area contributed by atoms with Crippen LogP contribution in [0.1, 0.15) is 5.56 Å². The average Bonchev–Trinajstić information content (AvgIpc) is 2.37. The minimum absolute atomic E-state index is 0.711. The molecule has 0 saturated carbocycles. The van der Waals surface area contributed by atoms with Crippen LogP contribution in [0.25, 0.3) is 0 Å². The number of benzene rings is 1. The van der Waals surface area contributed by atoms with Gasteiger partial charge >= 0.3 is 0 Å². The van der Waals surface area contributed by atoms with Gasteiger partial charge in [0.25, 0.3) is 0 Å². The third kappa shape index (κ3) is 3.38. The van der Waals surface area contributed by atoms with Gasteiger partial charge in [-0.2, -0.15) is 0 Å². The fourth-order valence-electron chi connectivity index (χ4n) is 1.44. The number of ether oxygens (including phenoxy) is 1. The van der Waals surface area contributed by atoms with Gasteiger partial charge in [0.15, 0.2) is 0 Å². The van der Waals surface area contributed by atoms with Crippen LogP contribution in [0, 0.1) is 0 Å². The van der Waals surface area contributed by atoms with E-state index < -0.39 is 0 Å². The first kappa shape index (κ1) is 12.3. The van der Waals surface area contributed by atoms with E-state index >= 15 is 0 Å². The van der Waals surface area contributed by atoms with Gasteiger partial charge in [-0.05, 0) is 18.2 Å². The second kappa shape index (κ2) is 5.94. The Kier molecular flexibility index (Phi) is 4.29. The van der Waals surface area contributed by atoms with Crippen LogP contribution >= 0.6 is 23.4 Å². The monoisotopic (exact) mass is 265 g/mol. The summed E-state index contributed by atoms with van der Waals surface area (Å²) in [6, 6.07) is 11.6. The first-order valence-electron chi connectivity index (χ1n) is 5.16. The number of para-hydroxylation sites is 1. The highest BCUT2D eigenvalue weighted by Gasteiger charge is 2.03. The minimum atomic E-state index is 0.711. The number of halogens is 1. The first-order chi connectivity index (χ1) is 8.29. The maximum absolute atomic E-state index is 5.91. The van der Waals surface area contributed by atoms with Crippen LogP contribution in [0.2, 0.25) is 5.02 Å². The van der Waals surface area contributed by atoms with Crippen molar-refractivity contribution in [1.29, 1.82) is 0 Å². The third-order valence-electron chi connectivity index (χ3n) is 2.26. The zero-order valence-electron chi connectivity index (χ0n) is 9.39. The molecule has 0 unspecified atom stereocenters. The molecule has 0 amide bonds.